The molecule has 5 rings (SSSR count). The summed E-state index contributed by atoms with van der Waals surface area (Å²) in [4.78, 5) is 4.56. The first-order chi connectivity index (χ1) is 15.8. The molecule has 3 nitrogen and oxygen atoms in total. The van der Waals surface area contributed by atoms with Crippen LogP contribution in [0.25, 0.3) is 0 Å². The van der Waals surface area contributed by atoms with Crippen LogP contribution >= 0.6 is 11.8 Å². The normalized spacial score (nSPS) is 45.4. The van der Waals surface area contributed by atoms with Gasteiger partial charge in [0.2, 0.25) is 0 Å². The molecule has 4 aliphatic heterocycles. The third-order valence-electron chi connectivity index (χ3n) is 7.25. The average molecular weight is 420 g/mol. The van der Waals surface area contributed by atoms with E-state index >= 15 is 0 Å². The zero-order valence-electron chi connectivity index (χ0n) is 23.1. The molecule has 3 unspecified atom stereocenters. The highest BCUT2D eigenvalue weighted by atomic mass is 32.2. The van der Waals surface area contributed by atoms with E-state index in [1.54, 1.807) is 11.8 Å². The summed E-state index contributed by atoms with van der Waals surface area (Å²) in [5.41, 5.74) is 2.57. The van der Waals surface area contributed by atoms with Gasteiger partial charge in [0.1, 0.15) is 5.76 Å². The summed E-state index contributed by atoms with van der Waals surface area (Å²) < 4.78 is 47.4. The van der Waals surface area contributed by atoms with Crippen LogP contribution in [0.1, 0.15) is 86.3 Å². The van der Waals surface area contributed by atoms with Crippen molar-refractivity contribution >= 4 is 17.5 Å². The SMILES string of the molecule is [2H]C([2H])([2H])C1=NC2OC3=C([C@H]4CC=C5[C@H](N4)S[C@H](C([2H])([2H])C(C)(C)C)[C@@H]5C)CCCC3C2CC1. The lowest BCUT2D eigenvalue weighted by Crippen LogP contribution is -2.42. The van der Waals surface area contributed by atoms with Crippen molar-refractivity contribution in [1.82, 2.24) is 5.32 Å². The Morgan fingerprint density at radius 2 is 2.21 bits per heavy atom. The monoisotopic (exact) mass is 419 g/mol. The third-order valence-corrected chi connectivity index (χ3v) is 8.75. The van der Waals surface area contributed by atoms with E-state index in [1.807, 2.05) is 20.8 Å². The first kappa shape index (κ1) is 15.1. The van der Waals surface area contributed by atoms with E-state index in [1.165, 1.54) is 11.1 Å². The Morgan fingerprint density at radius 3 is 3.00 bits per heavy atom. The number of aliphatic imine (C=N–C) groups is 1. The summed E-state index contributed by atoms with van der Waals surface area (Å²) >= 11 is 1.75. The molecule has 0 saturated carbocycles. The molecule has 0 aromatic rings. The van der Waals surface area contributed by atoms with Gasteiger partial charge in [0.25, 0.3) is 0 Å². The van der Waals surface area contributed by atoms with Gasteiger partial charge in [-0.1, -0.05) is 33.8 Å². The molecule has 0 amide bonds. The van der Waals surface area contributed by atoms with Crippen LogP contribution in [0.2, 0.25) is 0 Å². The van der Waals surface area contributed by atoms with Crippen LogP contribution in [0.3, 0.4) is 0 Å². The zero-order valence-corrected chi connectivity index (χ0v) is 18.9. The Morgan fingerprint density at radius 1 is 1.34 bits per heavy atom. The molecule has 0 aromatic heterocycles. The summed E-state index contributed by atoms with van der Waals surface area (Å²) in [6.07, 6.45) is 6.24. The molecular weight excluding hydrogens is 376 g/mol. The van der Waals surface area contributed by atoms with Crippen molar-refractivity contribution in [3.8, 4) is 0 Å². The van der Waals surface area contributed by atoms with E-state index in [0.717, 1.165) is 37.9 Å². The number of thioether (sulfide) groups is 1. The van der Waals surface area contributed by atoms with Crippen molar-refractivity contribution in [3.05, 3.63) is 23.0 Å². The third kappa shape index (κ3) is 3.73. The Balaban J connectivity index is 1.37. The Bertz CT molecular complexity index is 935. The zero-order chi connectivity index (χ0) is 24.6. The average Bonchev–Trinajstić information content (AvgIpc) is 3.29. The molecular formula is C25H38N2OS. The van der Waals surface area contributed by atoms with Crippen LogP contribution in [0.5, 0.6) is 0 Å². The van der Waals surface area contributed by atoms with Gasteiger partial charge in [-0.25, -0.2) is 0 Å². The minimum absolute atomic E-state index is 0.0787. The van der Waals surface area contributed by atoms with Gasteiger partial charge in [-0.05, 0) is 74.2 Å². The highest BCUT2D eigenvalue weighted by Crippen LogP contribution is 2.51. The number of ether oxygens (including phenoxy) is 1. The van der Waals surface area contributed by atoms with E-state index in [9.17, 15) is 0 Å². The smallest absolute Gasteiger partial charge is 0.192 e. The van der Waals surface area contributed by atoms with Crippen molar-refractivity contribution in [3.63, 3.8) is 0 Å². The fourth-order valence-electron chi connectivity index (χ4n) is 5.84. The highest BCUT2D eigenvalue weighted by Gasteiger charge is 2.47. The summed E-state index contributed by atoms with van der Waals surface area (Å²) in [5, 5.41) is 3.91. The molecule has 1 aliphatic carbocycles. The second-order valence-electron chi connectivity index (χ2n) is 10.5. The number of hydrogen-bond acceptors (Lipinski definition) is 4. The number of nitrogens with one attached hydrogen (secondary N) is 1. The molecule has 0 aromatic carbocycles. The summed E-state index contributed by atoms with van der Waals surface area (Å²) in [7, 11) is 0. The molecule has 5 aliphatic rings. The van der Waals surface area contributed by atoms with Crippen molar-refractivity contribution < 1.29 is 11.6 Å². The van der Waals surface area contributed by atoms with Gasteiger partial charge in [0.15, 0.2) is 6.23 Å². The molecule has 4 heteroatoms. The molecule has 0 radical (unpaired) electrons. The Hall–Kier alpha value is -0.740. The predicted molar refractivity (Wildman–Crippen MR) is 123 cm³/mol. The number of fused-ring (bicyclic) bond motifs is 4. The molecule has 0 bridgehead atoms. The number of rotatable bonds is 2. The van der Waals surface area contributed by atoms with Gasteiger partial charge in [0.05, 0.1) is 5.37 Å². The quantitative estimate of drug-likeness (QED) is 0.552. The number of nitrogens with zero attached hydrogens (tertiary/aromatic N) is 1. The molecule has 4 heterocycles. The Kier molecular flexibility index (Phi) is 3.88. The Labute approximate surface area is 188 Å². The maximum atomic E-state index is 8.86. The molecule has 7 atom stereocenters. The fraction of sp³-hybridized carbons (Fsp3) is 0.800. The van der Waals surface area contributed by atoms with E-state index in [4.69, 9.17) is 11.6 Å². The van der Waals surface area contributed by atoms with Gasteiger partial charge in [-0.3, -0.25) is 10.3 Å². The fourth-order valence-corrected chi connectivity index (χ4v) is 7.66. The van der Waals surface area contributed by atoms with Crippen molar-refractivity contribution in [2.75, 3.05) is 0 Å². The molecule has 2 saturated heterocycles. The summed E-state index contributed by atoms with van der Waals surface area (Å²) in [6, 6.07) is 0.191. The second kappa shape index (κ2) is 7.44. The van der Waals surface area contributed by atoms with Gasteiger partial charge in [-0.15, -0.1) is 11.8 Å². The van der Waals surface area contributed by atoms with Crippen LogP contribution in [-0.4, -0.2) is 28.6 Å². The summed E-state index contributed by atoms with van der Waals surface area (Å²) in [6.45, 7) is 6.05. The number of allylic oxidation sites excluding steroid dienone is 1. The lowest BCUT2D eigenvalue weighted by Gasteiger charge is -2.34. The van der Waals surface area contributed by atoms with Gasteiger partial charge < -0.3 is 4.74 Å². The maximum absolute atomic E-state index is 8.86. The first-order valence-corrected chi connectivity index (χ1v) is 12.3. The van der Waals surface area contributed by atoms with Crippen molar-refractivity contribution in [2.24, 2.45) is 28.2 Å². The van der Waals surface area contributed by atoms with Gasteiger partial charge in [0, 0.05) is 35.7 Å². The molecule has 1 N–H and O–H groups in total. The van der Waals surface area contributed by atoms with E-state index in [-0.39, 0.29) is 34.7 Å². The standard InChI is InChI=1S/C25H38N2OS/c1-14-9-10-18-17-7-6-8-19(22(17)28-23(18)26-14)20-12-11-16-15(2)21(13-25(3,4)5)29-24(16)27-20/h11,15,17-18,20-21,23-24,27H,6-10,12-13H2,1-5H3/t15-,17?,18?,20-,21-,23?,24-/m1/s1/i1D3,13D2. The predicted octanol–water partition coefficient (Wildman–Crippen LogP) is 6.07. The van der Waals surface area contributed by atoms with E-state index in [2.05, 4.69) is 23.3 Å². The second-order valence-corrected chi connectivity index (χ2v) is 11.7. The van der Waals surface area contributed by atoms with Crippen molar-refractivity contribution in [1.29, 1.82) is 0 Å². The minimum Gasteiger partial charge on any atom is -0.472 e. The van der Waals surface area contributed by atoms with Crippen molar-refractivity contribution in [2.45, 2.75) is 102 Å². The molecule has 29 heavy (non-hydrogen) atoms. The topological polar surface area (TPSA) is 33.6 Å². The highest BCUT2D eigenvalue weighted by molar-refractivity contribution is 8.01. The first-order valence-electron chi connectivity index (χ1n) is 13.9. The summed E-state index contributed by atoms with van der Waals surface area (Å²) in [5.74, 6) is 1.91. The minimum atomic E-state index is -2.13. The van der Waals surface area contributed by atoms with Crippen LogP contribution < -0.4 is 5.32 Å². The number of hydrogen-bond donors (Lipinski definition) is 1. The van der Waals surface area contributed by atoms with E-state index < -0.39 is 18.6 Å². The van der Waals surface area contributed by atoms with Crippen LogP contribution in [0.15, 0.2) is 28.0 Å². The van der Waals surface area contributed by atoms with Crippen LogP contribution in [0, 0.1) is 23.2 Å². The van der Waals surface area contributed by atoms with E-state index in [0.29, 0.717) is 18.1 Å². The van der Waals surface area contributed by atoms with Gasteiger partial charge >= 0.3 is 0 Å². The lowest BCUT2D eigenvalue weighted by molar-refractivity contribution is 0.127. The molecule has 0 spiro atoms. The van der Waals surface area contributed by atoms with Gasteiger partial charge in [-0.2, -0.15) is 0 Å². The van der Waals surface area contributed by atoms with Crippen LogP contribution in [-0.2, 0) is 4.74 Å². The largest absolute Gasteiger partial charge is 0.472 e. The van der Waals surface area contributed by atoms with Crippen LogP contribution in [0.4, 0.5) is 0 Å². The molecule has 160 valence electrons. The molecule has 2 fully saturated rings. The maximum Gasteiger partial charge on any atom is 0.192 e. The lowest BCUT2D eigenvalue weighted by atomic mass is 9.76.